The van der Waals surface area contributed by atoms with Crippen molar-refractivity contribution >= 4 is 11.8 Å². The lowest BCUT2D eigenvalue weighted by molar-refractivity contribution is 0.0473. The standard InChI is InChI=1S/C22H26O7/c1-14(2)12-28-19-9-6-15(10-21(19)27-5)22(24)29-13-18(23)17-8-7-16(25-3)11-20(17)26-4/h6-11,14H,12-13H2,1-5H3. The average molecular weight is 402 g/mol. The van der Waals surface area contributed by atoms with Crippen LogP contribution in [0.2, 0.25) is 0 Å². The molecule has 0 heterocycles. The Hall–Kier alpha value is -3.22. The van der Waals surface area contributed by atoms with Crippen LogP contribution >= 0.6 is 0 Å². The van der Waals surface area contributed by atoms with E-state index in [1.165, 1.54) is 27.4 Å². The van der Waals surface area contributed by atoms with Gasteiger partial charge in [-0.05, 0) is 36.2 Å². The summed E-state index contributed by atoms with van der Waals surface area (Å²) in [4.78, 5) is 24.8. The Labute approximate surface area is 170 Å². The summed E-state index contributed by atoms with van der Waals surface area (Å²) in [5, 5.41) is 0. The van der Waals surface area contributed by atoms with Crippen LogP contribution in [0.1, 0.15) is 34.6 Å². The summed E-state index contributed by atoms with van der Waals surface area (Å²) in [6.07, 6.45) is 0. The van der Waals surface area contributed by atoms with E-state index in [-0.39, 0.29) is 11.3 Å². The van der Waals surface area contributed by atoms with Crippen LogP contribution in [0.15, 0.2) is 36.4 Å². The number of ether oxygens (including phenoxy) is 5. The summed E-state index contributed by atoms with van der Waals surface area (Å²) >= 11 is 0. The van der Waals surface area contributed by atoms with E-state index in [1.807, 2.05) is 13.8 Å². The molecule has 0 atom stereocenters. The van der Waals surface area contributed by atoms with Gasteiger partial charge in [-0.1, -0.05) is 13.8 Å². The second-order valence-corrected chi connectivity index (χ2v) is 6.64. The van der Waals surface area contributed by atoms with Gasteiger partial charge in [0.15, 0.2) is 18.1 Å². The Balaban J connectivity index is 2.06. The van der Waals surface area contributed by atoms with Gasteiger partial charge in [-0.15, -0.1) is 0 Å². The second-order valence-electron chi connectivity index (χ2n) is 6.64. The zero-order valence-electron chi connectivity index (χ0n) is 17.3. The van der Waals surface area contributed by atoms with Crippen LogP contribution in [0.3, 0.4) is 0 Å². The molecule has 0 aliphatic heterocycles. The summed E-state index contributed by atoms with van der Waals surface area (Å²) in [5.74, 6) is 1.19. The molecule has 0 N–H and O–H groups in total. The van der Waals surface area contributed by atoms with E-state index in [9.17, 15) is 9.59 Å². The van der Waals surface area contributed by atoms with Crippen molar-refractivity contribution in [1.29, 1.82) is 0 Å². The van der Waals surface area contributed by atoms with Gasteiger partial charge in [0.2, 0.25) is 5.78 Å². The molecule has 0 aliphatic rings. The molecule has 0 unspecified atom stereocenters. The number of carbonyl (C=O) groups is 2. The molecule has 0 saturated carbocycles. The number of esters is 1. The van der Waals surface area contributed by atoms with Gasteiger partial charge in [-0.2, -0.15) is 0 Å². The minimum atomic E-state index is -0.639. The van der Waals surface area contributed by atoms with E-state index in [0.29, 0.717) is 41.1 Å². The van der Waals surface area contributed by atoms with Gasteiger partial charge in [0.25, 0.3) is 0 Å². The number of Topliss-reactive ketones (excluding diaryl/α,β-unsaturated/α-hetero) is 1. The molecule has 0 spiro atoms. The molecule has 0 radical (unpaired) electrons. The molecule has 0 saturated heterocycles. The predicted molar refractivity (Wildman–Crippen MR) is 107 cm³/mol. The number of benzene rings is 2. The van der Waals surface area contributed by atoms with Crippen LogP contribution in [0.25, 0.3) is 0 Å². The van der Waals surface area contributed by atoms with Gasteiger partial charge in [0.05, 0.1) is 39.1 Å². The van der Waals surface area contributed by atoms with Gasteiger partial charge >= 0.3 is 5.97 Å². The lowest BCUT2D eigenvalue weighted by atomic mass is 10.1. The molecule has 2 aromatic carbocycles. The van der Waals surface area contributed by atoms with Crippen molar-refractivity contribution in [3.05, 3.63) is 47.5 Å². The highest BCUT2D eigenvalue weighted by Crippen LogP contribution is 2.29. The van der Waals surface area contributed by atoms with Gasteiger partial charge < -0.3 is 23.7 Å². The van der Waals surface area contributed by atoms with Crippen molar-refractivity contribution in [2.24, 2.45) is 5.92 Å². The number of carbonyl (C=O) groups excluding carboxylic acids is 2. The lowest BCUT2D eigenvalue weighted by Crippen LogP contribution is -2.15. The molecular formula is C22H26O7. The maximum atomic E-state index is 12.4. The van der Waals surface area contributed by atoms with E-state index in [4.69, 9.17) is 23.7 Å². The Morgan fingerprint density at radius 2 is 1.59 bits per heavy atom. The molecule has 0 aliphatic carbocycles. The molecule has 7 heteroatoms. The van der Waals surface area contributed by atoms with Crippen molar-refractivity contribution in [3.8, 4) is 23.0 Å². The minimum absolute atomic E-state index is 0.258. The molecule has 2 rings (SSSR count). The highest BCUT2D eigenvalue weighted by Gasteiger charge is 2.18. The highest BCUT2D eigenvalue weighted by molar-refractivity contribution is 6.01. The van der Waals surface area contributed by atoms with Crippen LogP contribution in [0, 0.1) is 5.92 Å². The molecule has 2 aromatic rings. The second kappa shape index (κ2) is 10.4. The summed E-state index contributed by atoms with van der Waals surface area (Å²) in [5.41, 5.74) is 0.560. The maximum Gasteiger partial charge on any atom is 0.338 e. The number of hydrogen-bond acceptors (Lipinski definition) is 7. The molecule has 0 aromatic heterocycles. The topological polar surface area (TPSA) is 80.3 Å². The fraction of sp³-hybridized carbons (Fsp3) is 0.364. The molecular weight excluding hydrogens is 376 g/mol. The third kappa shape index (κ3) is 5.88. The first-order valence-electron chi connectivity index (χ1n) is 9.12. The van der Waals surface area contributed by atoms with Crippen molar-refractivity contribution in [1.82, 2.24) is 0 Å². The van der Waals surface area contributed by atoms with Crippen LogP contribution in [0.4, 0.5) is 0 Å². The smallest absolute Gasteiger partial charge is 0.338 e. The molecule has 0 bridgehead atoms. The Morgan fingerprint density at radius 3 is 2.21 bits per heavy atom. The first kappa shape index (κ1) is 22.1. The monoisotopic (exact) mass is 402 g/mol. The maximum absolute atomic E-state index is 12.4. The van der Waals surface area contributed by atoms with Crippen molar-refractivity contribution in [3.63, 3.8) is 0 Å². The van der Waals surface area contributed by atoms with Gasteiger partial charge in [-0.3, -0.25) is 4.79 Å². The Kier molecular flexibility index (Phi) is 7.88. The van der Waals surface area contributed by atoms with Crippen LogP contribution < -0.4 is 18.9 Å². The number of rotatable bonds is 10. The van der Waals surface area contributed by atoms with Crippen molar-refractivity contribution in [2.75, 3.05) is 34.5 Å². The fourth-order valence-corrected chi connectivity index (χ4v) is 2.49. The zero-order valence-corrected chi connectivity index (χ0v) is 17.3. The Morgan fingerprint density at radius 1 is 0.862 bits per heavy atom. The van der Waals surface area contributed by atoms with E-state index >= 15 is 0 Å². The van der Waals surface area contributed by atoms with Gasteiger partial charge in [-0.25, -0.2) is 4.79 Å². The van der Waals surface area contributed by atoms with E-state index in [1.54, 1.807) is 30.3 Å². The minimum Gasteiger partial charge on any atom is -0.497 e. The Bertz CT molecular complexity index is 858. The van der Waals surface area contributed by atoms with Crippen LogP contribution in [-0.2, 0) is 4.74 Å². The number of ketones is 1. The largest absolute Gasteiger partial charge is 0.497 e. The molecule has 156 valence electrons. The number of hydrogen-bond donors (Lipinski definition) is 0. The van der Waals surface area contributed by atoms with Crippen molar-refractivity contribution < 1.29 is 33.3 Å². The first-order chi connectivity index (χ1) is 13.9. The predicted octanol–water partition coefficient (Wildman–Crippen LogP) is 3.79. The van der Waals surface area contributed by atoms with E-state index in [0.717, 1.165) is 0 Å². The van der Waals surface area contributed by atoms with Gasteiger partial charge in [0.1, 0.15) is 11.5 Å². The van der Waals surface area contributed by atoms with Gasteiger partial charge in [0, 0.05) is 6.07 Å². The molecule has 0 fully saturated rings. The molecule has 0 amide bonds. The zero-order chi connectivity index (χ0) is 21.4. The summed E-state index contributed by atoms with van der Waals surface area (Å²) in [6, 6.07) is 9.54. The fourth-order valence-electron chi connectivity index (χ4n) is 2.49. The normalized spacial score (nSPS) is 10.4. The highest BCUT2D eigenvalue weighted by atomic mass is 16.5. The first-order valence-corrected chi connectivity index (χ1v) is 9.12. The summed E-state index contributed by atoms with van der Waals surface area (Å²) < 4.78 is 26.4. The lowest BCUT2D eigenvalue weighted by Gasteiger charge is -2.13. The average Bonchev–Trinajstić information content (AvgIpc) is 2.74. The SMILES string of the molecule is COc1ccc(C(=O)COC(=O)c2ccc(OCC(C)C)c(OC)c2)c(OC)c1. The third-order valence-corrected chi connectivity index (χ3v) is 4.01. The molecule has 7 nitrogen and oxygen atoms in total. The third-order valence-electron chi connectivity index (χ3n) is 4.01. The quantitative estimate of drug-likeness (QED) is 0.442. The van der Waals surface area contributed by atoms with Crippen molar-refractivity contribution in [2.45, 2.75) is 13.8 Å². The summed E-state index contributed by atoms with van der Waals surface area (Å²) in [7, 11) is 4.46. The number of methoxy groups -OCH3 is 3. The summed E-state index contributed by atoms with van der Waals surface area (Å²) in [6.45, 7) is 4.17. The van der Waals surface area contributed by atoms with Crippen LogP contribution in [-0.4, -0.2) is 46.3 Å². The van der Waals surface area contributed by atoms with E-state index < -0.39 is 12.6 Å². The molecule has 29 heavy (non-hydrogen) atoms. The van der Waals surface area contributed by atoms with Crippen LogP contribution in [0.5, 0.6) is 23.0 Å². The van der Waals surface area contributed by atoms with E-state index in [2.05, 4.69) is 0 Å².